The first-order valence-electron chi connectivity index (χ1n) is 9.59. The number of ether oxygens (including phenoxy) is 1. The molecular weight excluding hydrogens is 473 g/mol. The lowest BCUT2D eigenvalue weighted by Gasteiger charge is -2.11. The third-order valence-electron chi connectivity index (χ3n) is 4.51. The van der Waals surface area contributed by atoms with E-state index in [1.165, 1.54) is 23.5 Å². The van der Waals surface area contributed by atoms with Gasteiger partial charge in [-0.3, -0.25) is 9.36 Å². The molecule has 4 aromatic rings. The molecular formula is C22H17F3N4O2S2. The second kappa shape index (κ2) is 9.67. The first kappa shape index (κ1) is 22.9. The summed E-state index contributed by atoms with van der Waals surface area (Å²) in [5.74, 6) is 0.797. The van der Waals surface area contributed by atoms with E-state index in [1.807, 2.05) is 46.3 Å². The molecule has 0 aliphatic heterocycles. The van der Waals surface area contributed by atoms with Gasteiger partial charge in [0.05, 0.1) is 29.0 Å². The maximum absolute atomic E-state index is 12.9. The van der Waals surface area contributed by atoms with Crippen LogP contribution >= 0.6 is 23.1 Å². The number of nitrogens with one attached hydrogen (secondary N) is 1. The Bertz CT molecular complexity index is 1240. The molecule has 11 heteroatoms. The molecule has 33 heavy (non-hydrogen) atoms. The summed E-state index contributed by atoms with van der Waals surface area (Å²) in [6.07, 6.45) is -4.48. The SMILES string of the molecule is COc1ccc(-n2c(SCC(=O)Nc3cccc(C(F)(F)F)c3)nnc2-c2cccs2)cc1. The van der Waals surface area contributed by atoms with Gasteiger partial charge >= 0.3 is 6.18 Å². The molecule has 0 aliphatic rings. The van der Waals surface area contributed by atoms with Crippen molar-refractivity contribution in [3.63, 3.8) is 0 Å². The fraction of sp³-hybridized carbons (Fsp3) is 0.136. The van der Waals surface area contributed by atoms with Crippen molar-refractivity contribution in [1.29, 1.82) is 0 Å². The van der Waals surface area contributed by atoms with Gasteiger partial charge in [-0.25, -0.2) is 0 Å². The molecule has 4 rings (SSSR count). The van der Waals surface area contributed by atoms with Crippen molar-refractivity contribution in [2.24, 2.45) is 0 Å². The monoisotopic (exact) mass is 490 g/mol. The number of halogens is 3. The van der Waals surface area contributed by atoms with E-state index < -0.39 is 17.6 Å². The Morgan fingerprint density at radius 2 is 1.91 bits per heavy atom. The Balaban J connectivity index is 1.54. The standard InChI is InChI=1S/C22H17F3N4O2S2/c1-31-17-9-7-16(8-10-17)29-20(18-6-3-11-32-18)27-28-21(29)33-13-19(30)26-15-5-2-4-14(12-15)22(23,24)25/h2-12H,13H2,1H3,(H,26,30). The lowest BCUT2D eigenvalue weighted by molar-refractivity contribution is -0.137. The van der Waals surface area contributed by atoms with Crippen molar-refractivity contribution in [3.05, 3.63) is 71.6 Å². The maximum atomic E-state index is 12.9. The van der Waals surface area contributed by atoms with Crippen LogP contribution in [0.5, 0.6) is 5.75 Å². The van der Waals surface area contributed by atoms with Crippen LogP contribution in [-0.4, -0.2) is 33.5 Å². The Hall–Kier alpha value is -3.31. The number of nitrogens with zero attached hydrogens (tertiary/aromatic N) is 3. The largest absolute Gasteiger partial charge is 0.497 e. The van der Waals surface area contributed by atoms with Crippen LogP contribution in [0.3, 0.4) is 0 Å². The van der Waals surface area contributed by atoms with Gasteiger partial charge in [0.2, 0.25) is 5.91 Å². The molecule has 0 unspecified atom stereocenters. The number of rotatable bonds is 7. The lowest BCUT2D eigenvalue weighted by Crippen LogP contribution is -2.15. The molecule has 170 valence electrons. The maximum Gasteiger partial charge on any atom is 0.416 e. The van der Waals surface area contributed by atoms with Gasteiger partial charge in [-0.05, 0) is 53.9 Å². The average Bonchev–Trinajstić information content (AvgIpc) is 3.47. The first-order chi connectivity index (χ1) is 15.8. The quantitative estimate of drug-likeness (QED) is 0.334. The topological polar surface area (TPSA) is 69.0 Å². The summed E-state index contributed by atoms with van der Waals surface area (Å²) < 4.78 is 45.8. The fourth-order valence-electron chi connectivity index (χ4n) is 2.99. The van der Waals surface area contributed by atoms with E-state index in [4.69, 9.17) is 4.74 Å². The van der Waals surface area contributed by atoms with Gasteiger partial charge in [0.15, 0.2) is 11.0 Å². The number of anilines is 1. The number of thiophene rings is 1. The first-order valence-corrected chi connectivity index (χ1v) is 11.5. The Morgan fingerprint density at radius 3 is 2.58 bits per heavy atom. The molecule has 0 spiro atoms. The van der Waals surface area contributed by atoms with E-state index in [2.05, 4.69) is 15.5 Å². The number of methoxy groups -OCH3 is 1. The molecule has 1 N–H and O–H groups in total. The molecule has 2 heterocycles. The molecule has 0 saturated heterocycles. The van der Waals surface area contributed by atoms with E-state index in [1.54, 1.807) is 7.11 Å². The van der Waals surface area contributed by atoms with E-state index >= 15 is 0 Å². The van der Waals surface area contributed by atoms with Crippen molar-refractivity contribution >= 4 is 34.7 Å². The summed E-state index contributed by atoms with van der Waals surface area (Å²) >= 11 is 2.64. The highest BCUT2D eigenvalue weighted by Gasteiger charge is 2.30. The molecule has 0 atom stereocenters. The zero-order valence-corrected chi connectivity index (χ0v) is 18.8. The van der Waals surface area contributed by atoms with E-state index in [-0.39, 0.29) is 11.4 Å². The summed E-state index contributed by atoms with van der Waals surface area (Å²) in [6, 6.07) is 15.7. The number of benzene rings is 2. The second-order valence-corrected chi connectivity index (χ2v) is 8.62. The van der Waals surface area contributed by atoms with Crippen LogP contribution in [0, 0.1) is 0 Å². The summed E-state index contributed by atoms with van der Waals surface area (Å²) in [4.78, 5) is 13.3. The molecule has 0 radical (unpaired) electrons. The van der Waals surface area contributed by atoms with Crippen LogP contribution in [-0.2, 0) is 11.0 Å². The molecule has 0 bridgehead atoms. The van der Waals surface area contributed by atoms with Crippen molar-refractivity contribution < 1.29 is 22.7 Å². The Morgan fingerprint density at radius 1 is 1.12 bits per heavy atom. The minimum atomic E-state index is -4.48. The highest BCUT2D eigenvalue weighted by molar-refractivity contribution is 7.99. The molecule has 6 nitrogen and oxygen atoms in total. The molecule has 0 saturated carbocycles. The van der Waals surface area contributed by atoms with E-state index in [0.717, 1.165) is 34.5 Å². The van der Waals surface area contributed by atoms with Crippen LogP contribution in [0.15, 0.2) is 71.2 Å². The normalized spacial score (nSPS) is 11.4. The average molecular weight is 491 g/mol. The number of hydrogen-bond acceptors (Lipinski definition) is 6. The molecule has 2 aromatic carbocycles. The number of aromatic nitrogens is 3. The molecule has 2 aromatic heterocycles. The molecule has 0 aliphatic carbocycles. The smallest absolute Gasteiger partial charge is 0.416 e. The lowest BCUT2D eigenvalue weighted by atomic mass is 10.2. The van der Waals surface area contributed by atoms with Crippen LogP contribution < -0.4 is 10.1 Å². The van der Waals surface area contributed by atoms with Crippen molar-refractivity contribution in [2.45, 2.75) is 11.3 Å². The highest BCUT2D eigenvalue weighted by atomic mass is 32.2. The minimum absolute atomic E-state index is 0.0605. The van der Waals surface area contributed by atoms with Gasteiger partial charge < -0.3 is 10.1 Å². The van der Waals surface area contributed by atoms with Crippen molar-refractivity contribution in [2.75, 3.05) is 18.2 Å². The van der Waals surface area contributed by atoms with Gasteiger partial charge in [-0.15, -0.1) is 21.5 Å². The van der Waals surface area contributed by atoms with Gasteiger partial charge in [-0.2, -0.15) is 13.2 Å². The minimum Gasteiger partial charge on any atom is -0.497 e. The number of thioether (sulfide) groups is 1. The summed E-state index contributed by atoms with van der Waals surface area (Å²) in [5, 5.41) is 13.4. The fourth-order valence-corrected chi connectivity index (χ4v) is 4.44. The van der Waals surface area contributed by atoms with Gasteiger partial charge in [0.25, 0.3) is 0 Å². The number of alkyl halides is 3. The summed E-state index contributed by atoms with van der Waals surface area (Å²) in [7, 11) is 1.58. The highest BCUT2D eigenvalue weighted by Crippen LogP contribution is 2.32. The number of carbonyl (C=O) groups excluding carboxylic acids is 1. The van der Waals surface area contributed by atoms with Crippen molar-refractivity contribution in [1.82, 2.24) is 14.8 Å². The van der Waals surface area contributed by atoms with Crippen LogP contribution in [0.4, 0.5) is 18.9 Å². The zero-order chi connectivity index (χ0) is 23.4. The Labute approximate surface area is 195 Å². The van der Waals surface area contributed by atoms with Gasteiger partial charge in [0.1, 0.15) is 5.75 Å². The van der Waals surface area contributed by atoms with Crippen molar-refractivity contribution in [3.8, 4) is 22.1 Å². The third-order valence-corrected chi connectivity index (χ3v) is 6.31. The predicted molar refractivity (Wildman–Crippen MR) is 122 cm³/mol. The summed E-state index contributed by atoms with van der Waals surface area (Å²) in [5.41, 5.74) is 0.0316. The number of amides is 1. The molecule has 1 amide bonds. The van der Waals surface area contributed by atoms with Crippen LogP contribution in [0.25, 0.3) is 16.4 Å². The summed E-state index contributed by atoms with van der Waals surface area (Å²) in [6.45, 7) is 0. The van der Waals surface area contributed by atoms with E-state index in [0.29, 0.717) is 16.7 Å². The Kier molecular flexibility index (Phi) is 6.70. The number of hydrogen-bond donors (Lipinski definition) is 1. The van der Waals surface area contributed by atoms with Gasteiger partial charge in [-0.1, -0.05) is 23.9 Å². The molecule has 0 fully saturated rings. The van der Waals surface area contributed by atoms with Crippen LogP contribution in [0.2, 0.25) is 0 Å². The third kappa shape index (κ3) is 5.37. The second-order valence-electron chi connectivity index (χ2n) is 6.73. The van der Waals surface area contributed by atoms with Crippen LogP contribution in [0.1, 0.15) is 5.56 Å². The predicted octanol–water partition coefficient (Wildman–Crippen LogP) is 5.75. The number of carbonyl (C=O) groups is 1. The zero-order valence-electron chi connectivity index (χ0n) is 17.2. The van der Waals surface area contributed by atoms with E-state index in [9.17, 15) is 18.0 Å². The van der Waals surface area contributed by atoms with Gasteiger partial charge in [0, 0.05) is 5.69 Å².